The van der Waals surface area contributed by atoms with Crippen molar-refractivity contribution in [1.29, 1.82) is 0 Å². The molecule has 0 saturated heterocycles. The van der Waals surface area contributed by atoms with Gasteiger partial charge in [-0.3, -0.25) is 4.68 Å². The highest BCUT2D eigenvalue weighted by atomic mass is 16.5. The molecule has 4 nitrogen and oxygen atoms in total. The van der Waals surface area contributed by atoms with E-state index in [4.69, 9.17) is 4.74 Å². The largest absolute Gasteiger partial charge is 0.494 e. The van der Waals surface area contributed by atoms with Crippen LogP contribution < -0.4 is 10.1 Å². The van der Waals surface area contributed by atoms with Crippen LogP contribution >= 0.6 is 0 Å². The third kappa shape index (κ3) is 4.08. The molecule has 4 heteroatoms. The number of nitrogens with zero attached hydrogens (tertiary/aromatic N) is 2. The molecular weight excluding hydrogens is 262 g/mol. The minimum Gasteiger partial charge on any atom is -0.494 e. The Bertz CT molecular complexity index is 572. The number of aryl methyl sites for hydroxylation is 2. The molecule has 1 heterocycles. The summed E-state index contributed by atoms with van der Waals surface area (Å²) in [6, 6.07) is 8.29. The monoisotopic (exact) mass is 287 g/mol. The van der Waals surface area contributed by atoms with Gasteiger partial charge in [-0.15, -0.1) is 0 Å². The van der Waals surface area contributed by atoms with E-state index in [1.165, 1.54) is 16.8 Å². The maximum Gasteiger partial charge on any atom is 0.119 e. The van der Waals surface area contributed by atoms with Crippen LogP contribution in [0.3, 0.4) is 0 Å². The van der Waals surface area contributed by atoms with Gasteiger partial charge in [-0.1, -0.05) is 19.1 Å². The first-order valence-electron chi connectivity index (χ1n) is 7.53. The summed E-state index contributed by atoms with van der Waals surface area (Å²) < 4.78 is 7.52. The Morgan fingerprint density at radius 3 is 2.43 bits per heavy atom. The maximum atomic E-state index is 5.59. The smallest absolute Gasteiger partial charge is 0.119 e. The Morgan fingerprint density at radius 2 is 1.86 bits per heavy atom. The molecule has 0 aliphatic carbocycles. The molecular formula is C17H25N3O. The molecule has 21 heavy (non-hydrogen) atoms. The predicted molar refractivity (Wildman–Crippen MR) is 85.5 cm³/mol. The minimum atomic E-state index is 0.775. The fourth-order valence-corrected chi connectivity index (χ4v) is 2.33. The first-order valence-corrected chi connectivity index (χ1v) is 7.53. The average Bonchev–Trinajstić information content (AvgIpc) is 2.72. The Morgan fingerprint density at radius 1 is 1.14 bits per heavy atom. The molecule has 0 fully saturated rings. The Balaban J connectivity index is 1.85. The molecule has 0 spiro atoms. The van der Waals surface area contributed by atoms with Crippen LogP contribution in [0.4, 0.5) is 0 Å². The summed E-state index contributed by atoms with van der Waals surface area (Å²) in [5.74, 6) is 0.944. The lowest BCUT2D eigenvalue weighted by Crippen LogP contribution is -2.13. The zero-order valence-corrected chi connectivity index (χ0v) is 13.4. The molecule has 2 aromatic rings. The van der Waals surface area contributed by atoms with E-state index in [1.54, 1.807) is 0 Å². The lowest BCUT2D eigenvalue weighted by Gasteiger charge is -2.08. The van der Waals surface area contributed by atoms with Gasteiger partial charge >= 0.3 is 0 Å². The van der Waals surface area contributed by atoms with Crippen LogP contribution in [0.15, 0.2) is 24.3 Å². The number of ether oxygens (including phenoxy) is 1. The second-order valence-corrected chi connectivity index (χ2v) is 5.37. The number of benzene rings is 1. The topological polar surface area (TPSA) is 39.1 Å². The van der Waals surface area contributed by atoms with Crippen molar-refractivity contribution in [3.63, 3.8) is 0 Å². The molecule has 1 N–H and O–H groups in total. The van der Waals surface area contributed by atoms with Gasteiger partial charge < -0.3 is 10.1 Å². The summed E-state index contributed by atoms with van der Waals surface area (Å²) in [6.45, 7) is 8.75. The van der Waals surface area contributed by atoms with Gasteiger partial charge in [0.15, 0.2) is 0 Å². The van der Waals surface area contributed by atoms with Crippen LogP contribution in [0, 0.1) is 13.8 Å². The van der Waals surface area contributed by atoms with Crippen LogP contribution in [0.5, 0.6) is 5.75 Å². The number of nitrogens with one attached hydrogen (secondary N) is 1. The molecule has 0 amide bonds. The van der Waals surface area contributed by atoms with E-state index in [1.807, 2.05) is 23.9 Å². The van der Waals surface area contributed by atoms with Crippen LogP contribution in [-0.2, 0) is 20.1 Å². The molecule has 2 rings (SSSR count). The van der Waals surface area contributed by atoms with Gasteiger partial charge in [0.2, 0.25) is 0 Å². The summed E-state index contributed by atoms with van der Waals surface area (Å²) in [7, 11) is 1.99. The minimum absolute atomic E-state index is 0.775. The van der Waals surface area contributed by atoms with Gasteiger partial charge in [0.1, 0.15) is 5.75 Å². The second kappa shape index (κ2) is 7.27. The first kappa shape index (κ1) is 15.6. The zero-order valence-electron chi connectivity index (χ0n) is 13.4. The molecule has 0 bridgehead atoms. The quantitative estimate of drug-likeness (QED) is 0.850. The third-order valence-electron chi connectivity index (χ3n) is 3.69. The molecule has 114 valence electrons. The van der Waals surface area contributed by atoms with Crippen molar-refractivity contribution in [2.24, 2.45) is 7.05 Å². The summed E-state index contributed by atoms with van der Waals surface area (Å²) in [5.41, 5.74) is 4.88. The zero-order chi connectivity index (χ0) is 15.2. The summed E-state index contributed by atoms with van der Waals surface area (Å²) >= 11 is 0. The first-order chi connectivity index (χ1) is 10.1. The summed E-state index contributed by atoms with van der Waals surface area (Å²) in [6.07, 6.45) is 1.03. The highest BCUT2D eigenvalue weighted by Gasteiger charge is 2.08. The average molecular weight is 287 g/mol. The van der Waals surface area contributed by atoms with E-state index in [9.17, 15) is 0 Å². The van der Waals surface area contributed by atoms with E-state index in [0.29, 0.717) is 0 Å². The highest BCUT2D eigenvalue weighted by Crippen LogP contribution is 2.14. The van der Waals surface area contributed by atoms with Crippen molar-refractivity contribution < 1.29 is 4.74 Å². The number of hydrogen-bond donors (Lipinski definition) is 1. The maximum absolute atomic E-state index is 5.59. The summed E-state index contributed by atoms with van der Waals surface area (Å²) in [5, 5.41) is 7.92. The van der Waals surface area contributed by atoms with Crippen molar-refractivity contribution >= 4 is 0 Å². The molecule has 0 unspecified atom stereocenters. The van der Waals surface area contributed by atoms with Crippen molar-refractivity contribution in [2.45, 2.75) is 40.3 Å². The molecule has 0 aliphatic rings. The highest BCUT2D eigenvalue weighted by molar-refractivity contribution is 5.28. The van der Waals surface area contributed by atoms with Gasteiger partial charge in [0.25, 0.3) is 0 Å². The van der Waals surface area contributed by atoms with Crippen LogP contribution in [0.1, 0.15) is 35.9 Å². The Kier molecular flexibility index (Phi) is 5.39. The van der Waals surface area contributed by atoms with E-state index in [2.05, 4.69) is 43.3 Å². The number of rotatable bonds is 7. The summed E-state index contributed by atoms with van der Waals surface area (Å²) in [4.78, 5) is 0. The van der Waals surface area contributed by atoms with Crippen LogP contribution in [-0.4, -0.2) is 16.4 Å². The number of aromatic nitrogens is 2. The Labute approximate surface area is 127 Å². The molecule has 1 aromatic heterocycles. The Hall–Kier alpha value is -1.81. The molecule has 0 aliphatic heterocycles. The predicted octanol–water partition coefficient (Wildman–Crippen LogP) is 3.12. The molecule has 0 radical (unpaired) electrons. The van der Waals surface area contributed by atoms with Gasteiger partial charge in [0.05, 0.1) is 12.3 Å². The lowest BCUT2D eigenvalue weighted by atomic mass is 10.2. The fourth-order valence-electron chi connectivity index (χ4n) is 2.33. The van der Waals surface area contributed by atoms with Gasteiger partial charge in [0, 0.05) is 31.4 Å². The van der Waals surface area contributed by atoms with Crippen LogP contribution in [0.2, 0.25) is 0 Å². The lowest BCUT2D eigenvalue weighted by molar-refractivity contribution is 0.317. The second-order valence-electron chi connectivity index (χ2n) is 5.37. The fraction of sp³-hybridized carbons (Fsp3) is 0.471. The normalized spacial score (nSPS) is 10.9. The van der Waals surface area contributed by atoms with Gasteiger partial charge in [-0.05, 0) is 38.0 Å². The third-order valence-corrected chi connectivity index (χ3v) is 3.69. The van der Waals surface area contributed by atoms with E-state index < -0.39 is 0 Å². The van der Waals surface area contributed by atoms with Crippen molar-refractivity contribution in [1.82, 2.24) is 15.1 Å². The molecule has 1 aromatic carbocycles. The van der Waals surface area contributed by atoms with Gasteiger partial charge in [-0.25, -0.2) is 0 Å². The van der Waals surface area contributed by atoms with Crippen molar-refractivity contribution in [3.05, 3.63) is 46.8 Å². The van der Waals surface area contributed by atoms with Crippen molar-refractivity contribution in [2.75, 3.05) is 6.61 Å². The van der Waals surface area contributed by atoms with E-state index in [0.717, 1.165) is 37.6 Å². The SMILES string of the molecule is CCCOc1ccc(CNCc2c(C)nn(C)c2C)cc1. The van der Waals surface area contributed by atoms with Gasteiger partial charge in [-0.2, -0.15) is 5.10 Å². The van der Waals surface area contributed by atoms with E-state index in [-0.39, 0.29) is 0 Å². The van der Waals surface area contributed by atoms with E-state index >= 15 is 0 Å². The number of hydrogen-bond acceptors (Lipinski definition) is 3. The molecule has 0 saturated carbocycles. The van der Waals surface area contributed by atoms with Crippen molar-refractivity contribution in [3.8, 4) is 5.75 Å². The standard InChI is InChI=1S/C17H25N3O/c1-5-10-21-16-8-6-15(7-9-16)11-18-12-17-13(2)19-20(4)14(17)3/h6-9,18H,5,10-12H2,1-4H3. The van der Waals surface area contributed by atoms with Crippen LogP contribution in [0.25, 0.3) is 0 Å². The molecule has 0 atom stereocenters.